The Hall–Kier alpha value is -6.94. The van der Waals surface area contributed by atoms with E-state index in [4.69, 9.17) is 15.0 Å². The number of benzene rings is 7. The topological polar surface area (TPSA) is 67.4 Å². The van der Waals surface area contributed by atoms with Gasteiger partial charge >= 0.3 is 0 Å². The maximum absolute atomic E-state index is 9.80. The maximum Gasteiger partial charge on any atom is 0.238 e. The fourth-order valence-corrected chi connectivity index (χ4v) is 8.56. The van der Waals surface area contributed by atoms with Crippen molar-refractivity contribution in [2.24, 2.45) is 0 Å². The van der Waals surface area contributed by atoms with E-state index >= 15 is 0 Å². The molecule has 0 fully saturated rings. The van der Waals surface area contributed by atoms with Gasteiger partial charge in [-0.15, -0.1) is 11.3 Å². The fourth-order valence-electron chi connectivity index (χ4n) is 7.29. The fraction of sp³-hybridized carbons (Fsp3) is 0. The summed E-state index contributed by atoms with van der Waals surface area (Å²) in [6, 6.07) is 58.7. The third kappa shape index (κ3) is 4.87. The van der Waals surface area contributed by atoms with Gasteiger partial charge in [0.15, 0.2) is 11.6 Å². The zero-order valence-corrected chi connectivity index (χ0v) is 28.5. The largest absolute Gasteiger partial charge is 0.278 e. The summed E-state index contributed by atoms with van der Waals surface area (Å²) in [5.41, 5.74) is 9.16. The summed E-state index contributed by atoms with van der Waals surface area (Å²) < 4.78 is 4.46. The van der Waals surface area contributed by atoms with E-state index in [-0.39, 0.29) is 0 Å². The molecule has 3 aromatic heterocycles. The second kappa shape index (κ2) is 12.1. The average Bonchev–Trinajstić information content (AvgIpc) is 3.77. The molecule has 5 nitrogen and oxygen atoms in total. The Labute approximate surface area is 303 Å². The second-order valence-corrected chi connectivity index (χ2v) is 13.8. The molecule has 0 spiro atoms. The molecule has 10 aromatic rings. The van der Waals surface area contributed by atoms with Gasteiger partial charge in [0.25, 0.3) is 0 Å². The number of para-hydroxylation sites is 2. The Balaban J connectivity index is 1.07. The molecule has 0 radical (unpaired) electrons. The van der Waals surface area contributed by atoms with Crippen LogP contribution in [0.2, 0.25) is 0 Å². The lowest BCUT2D eigenvalue weighted by atomic mass is 9.97. The van der Waals surface area contributed by atoms with Crippen molar-refractivity contribution in [3.05, 3.63) is 169 Å². The van der Waals surface area contributed by atoms with Crippen LogP contribution in [0.4, 0.5) is 0 Å². The first-order chi connectivity index (χ1) is 25.7. The third-order valence-electron chi connectivity index (χ3n) is 9.73. The van der Waals surface area contributed by atoms with Crippen LogP contribution in [-0.4, -0.2) is 19.5 Å². The summed E-state index contributed by atoms with van der Waals surface area (Å²) in [6.45, 7) is 0. The number of aromatic nitrogens is 4. The van der Waals surface area contributed by atoms with Gasteiger partial charge in [-0.2, -0.15) is 15.2 Å². The highest BCUT2D eigenvalue weighted by atomic mass is 32.1. The molecule has 0 aliphatic carbocycles. The average molecular weight is 682 g/mol. The van der Waals surface area contributed by atoms with Crippen molar-refractivity contribution in [1.82, 2.24) is 19.5 Å². The van der Waals surface area contributed by atoms with E-state index in [2.05, 4.69) is 132 Å². The molecule has 0 aliphatic rings. The number of hydrogen-bond donors (Lipinski definition) is 0. The first-order valence-electron chi connectivity index (χ1n) is 17.1. The maximum atomic E-state index is 9.80. The molecule has 242 valence electrons. The van der Waals surface area contributed by atoms with E-state index in [0.717, 1.165) is 70.7 Å². The Bertz CT molecular complexity index is 2970. The number of hydrogen-bond acceptors (Lipinski definition) is 5. The summed E-state index contributed by atoms with van der Waals surface area (Å²) in [7, 11) is 0. The smallest absolute Gasteiger partial charge is 0.238 e. The molecule has 0 N–H and O–H groups in total. The predicted molar refractivity (Wildman–Crippen MR) is 214 cm³/mol. The van der Waals surface area contributed by atoms with Crippen LogP contribution < -0.4 is 0 Å². The lowest BCUT2D eigenvalue weighted by Crippen LogP contribution is -2.06. The monoisotopic (exact) mass is 681 g/mol. The SMILES string of the molecule is N#Cc1cccc2sc3c(-c4cccc(-c5ccc(-c6nc(-c7ccccc7)nc(-n7c8ccccc8c8ccccc87)n6)cc5)c4)cccc3c12. The summed E-state index contributed by atoms with van der Waals surface area (Å²) in [6.07, 6.45) is 0. The van der Waals surface area contributed by atoms with Gasteiger partial charge in [0.2, 0.25) is 5.95 Å². The van der Waals surface area contributed by atoms with Crippen LogP contribution in [0.25, 0.3) is 93.0 Å². The quantitative estimate of drug-likeness (QED) is 0.181. The highest BCUT2D eigenvalue weighted by molar-refractivity contribution is 7.26. The van der Waals surface area contributed by atoms with Crippen LogP contribution in [0, 0.1) is 11.3 Å². The lowest BCUT2D eigenvalue weighted by Gasteiger charge is -2.11. The molecule has 7 aromatic carbocycles. The van der Waals surface area contributed by atoms with Gasteiger partial charge in [0.05, 0.1) is 22.7 Å². The van der Waals surface area contributed by atoms with Gasteiger partial charge < -0.3 is 0 Å². The Morgan fingerprint density at radius 3 is 1.79 bits per heavy atom. The Morgan fingerprint density at radius 1 is 0.481 bits per heavy atom. The van der Waals surface area contributed by atoms with Crippen molar-refractivity contribution >= 4 is 53.3 Å². The molecule has 0 unspecified atom stereocenters. The van der Waals surface area contributed by atoms with Gasteiger partial charge in [0, 0.05) is 42.1 Å². The summed E-state index contributed by atoms with van der Waals surface area (Å²) in [5, 5.41) is 14.3. The minimum atomic E-state index is 0.579. The van der Waals surface area contributed by atoms with Gasteiger partial charge in [-0.05, 0) is 52.6 Å². The Morgan fingerprint density at radius 2 is 1.06 bits per heavy atom. The number of nitrogens with zero attached hydrogens (tertiary/aromatic N) is 5. The summed E-state index contributed by atoms with van der Waals surface area (Å²) >= 11 is 1.74. The van der Waals surface area contributed by atoms with Gasteiger partial charge in [0.1, 0.15) is 0 Å². The van der Waals surface area contributed by atoms with Crippen molar-refractivity contribution < 1.29 is 0 Å². The van der Waals surface area contributed by atoms with Crippen molar-refractivity contribution in [3.8, 4) is 57.0 Å². The molecule has 6 heteroatoms. The van der Waals surface area contributed by atoms with E-state index in [9.17, 15) is 5.26 Å². The van der Waals surface area contributed by atoms with Crippen LogP contribution in [-0.2, 0) is 0 Å². The van der Waals surface area contributed by atoms with E-state index in [1.54, 1.807) is 11.3 Å². The highest BCUT2D eigenvalue weighted by Gasteiger charge is 2.18. The molecule has 0 saturated heterocycles. The Kier molecular flexibility index (Phi) is 6.98. The molecule has 0 amide bonds. The van der Waals surface area contributed by atoms with Crippen molar-refractivity contribution in [2.45, 2.75) is 0 Å². The summed E-state index contributed by atoms with van der Waals surface area (Å²) in [4.78, 5) is 15.2. The van der Waals surface area contributed by atoms with Gasteiger partial charge in [-0.25, -0.2) is 4.98 Å². The highest BCUT2D eigenvalue weighted by Crippen LogP contribution is 2.42. The van der Waals surface area contributed by atoms with Crippen molar-refractivity contribution in [3.63, 3.8) is 0 Å². The minimum Gasteiger partial charge on any atom is -0.278 e. The molecular weight excluding hydrogens is 655 g/mol. The first kappa shape index (κ1) is 29.9. The standard InChI is InChI=1S/C46H27N5S/c47-28-34-15-9-22-41-42(34)38-19-10-18-35(43(38)52-41)33-14-8-13-32(27-33)29-23-25-31(26-24-29)45-48-44(30-11-2-1-3-12-30)49-46(50-45)51-39-20-6-4-16-36(39)37-17-5-7-21-40(37)51/h1-27H. The van der Waals surface area contributed by atoms with Crippen LogP contribution >= 0.6 is 11.3 Å². The van der Waals surface area contributed by atoms with Gasteiger partial charge in [-0.3, -0.25) is 4.57 Å². The van der Waals surface area contributed by atoms with E-state index in [1.807, 2.05) is 42.5 Å². The van der Waals surface area contributed by atoms with Crippen molar-refractivity contribution in [2.75, 3.05) is 0 Å². The number of rotatable bonds is 5. The number of fused-ring (bicyclic) bond motifs is 6. The van der Waals surface area contributed by atoms with Crippen LogP contribution in [0.1, 0.15) is 5.56 Å². The molecule has 0 bridgehead atoms. The predicted octanol–water partition coefficient (Wildman–Crippen LogP) is 11.9. The zero-order chi connectivity index (χ0) is 34.6. The van der Waals surface area contributed by atoms with Crippen LogP contribution in [0.3, 0.4) is 0 Å². The zero-order valence-electron chi connectivity index (χ0n) is 27.7. The molecule has 0 saturated carbocycles. The second-order valence-electron chi connectivity index (χ2n) is 12.8. The first-order valence-corrected chi connectivity index (χ1v) is 17.9. The van der Waals surface area contributed by atoms with Crippen molar-refractivity contribution in [1.29, 1.82) is 5.26 Å². The molecular formula is C46H27N5S. The molecule has 0 atom stereocenters. The van der Waals surface area contributed by atoms with E-state index in [1.165, 1.54) is 4.70 Å². The van der Waals surface area contributed by atoms with E-state index < -0.39 is 0 Å². The molecule has 3 heterocycles. The minimum absolute atomic E-state index is 0.579. The number of thiophene rings is 1. The molecule has 10 rings (SSSR count). The van der Waals surface area contributed by atoms with E-state index in [0.29, 0.717) is 23.2 Å². The van der Waals surface area contributed by atoms with Crippen LogP contribution in [0.5, 0.6) is 0 Å². The molecule has 0 aliphatic heterocycles. The van der Waals surface area contributed by atoms with Crippen LogP contribution in [0.15, 0.2) is 164 Å². The third-order valence-corrected chi connectivity index (χ3v) is 10.9. The summed E-state index contributed by atoms with van der Waals surface area (Å²) in [5.74, 6) is 1.81. The number of nitriles is 1. The normalized spacial score (nSPS) is 11.4. The molecule has 52 heavy (non-hydrogen) atoms. The van der Waals surface area contributed by atoms with Gasteiger partial charge in [-0.1, -0.05) is 133 Å². The lowest BCUT2D eigenvalue weighted by molar-refractivity contribution is 0.953.